The van der Waals surface area contributed by atoms with E-state index in [2.05, 4.69) is 5.32 Å². The molecule has 0 saturated carbocycles. The number of methoxy groups -OCH3 is 1. The summed E-state index contributed by atoms with van der Waals surface area (Å²) in [7, 11) is 1.49. The Morgan fingerprint density at radius 3 is 2.42 bits per heavy atom. The maximum Gasteiger partial charge on any atom is 0.260 e. The van der Waals surface area contributed by atoms with Crippen molar-refractivity contribution in [3.8, 4) is 5.75 Å². The number of nitrogens with one attached hydrogen (secondary N) is 1. The monoisotopic (exact) mass is 336 g/mol. The summed E-state index contributed by atoms with van der Waals surface area (Å²) >= 11 is 0. The van der Waals surface area contributed by atoms with Gasteiger partial charge < -0.3 is 24.4 Å². The highest BCUT2D eigenvalue weighted by molar-refractivity contribution is 5.96. The van der Waals surface area contributed by atoms with Crippen LogP contribution in [0, 0.1) is 0 Å². The second kappa shape index (κ2) is 8.12. The maximum absolute atomic E-state index is 12.0. The summed E-state index contributed by atoms with van der Waals surface area (Å²) in [4.78, 5) is 25.7. The predicted molar refractivity (Wildman–Crippen MR) is 89.1 cm³/mol. The van der Waals surface area contributed by atoms with Crippen molar-refractivity contribution in [3.63, 3.8) is 0 Å². The van der Waals surface area contributed by atoms with Crippen molar-refractivity contribution < 1.29 is 23.8 Å². The summed E-state index contributed by atoms with van der Waals surface area (Å²) in [6, 6.07) is 6.86. The van der Waals surface area contributed by atoms with Crippen LogP contribution in [-0.4, -0.2) is 62.3 Å². The summed E-state index contributed by atoms with van der Waals surface area (Å²) in [5.41, 5.74) is -0.267. The first-order chi connectivity index (χ1) is 11.4. The molecule has 1 saturated heterocycles. The van der Waals surface area contributed by atoms with Gasteiger partial charge in [-0.2, -0.15) is 0 Å². The van der Waals surface area contributed by atoms with Gasteiger partial charge in [0.05, 0.1) is 13.2 Å². The summed E-state index contributed by atoms with van der Waals surface area (Å²) in [5, 5.41) is 2.77. The van der Waals surface area contributed by atoms with E-state index in [0.29, 0.717) is 37.7 Å². The van der Waals surface area contributed by atoms with E-state index in [1.54, 1.807) is 43.0 Å². The summed E-state index contributed by atoms with van der Waals surface area (Å²) in [6.07, 6.45) is 0. The van der Waals surface area contributed by atoms with Gasteiger partial charge >= 0.3 is 0 Å². The first-order valence-corrected chi connectivity index (χ1v) is 7.87. The van der Waals surface area contributed by atoms with Gasteiger partial charge in [0, 0.05) is 25.9 Å². The van der Waals surface area contributed by atoms with Gasteiger partial charge in [-0.05, 0) is 38.1 Å². The Bertz CT molecular complexity index is 565. The lowest BCUT2D eigenvalue weighted by Gasteiger charge is -2.26. The molecule has 0 aliphatic carbocycles. The summed E-state index contributed by atoms with van der Waals surface area (Å²) in [5.74, 6) is 0.277. The molecule has 2 amide bonds. The van der Waals surface area contributed by atoms with Crippen molar-refractivity contribution >= 4 is 17.5 Å². The van der Waals surface area contributed by atoms with Crippen LogP contribution < -0.4 is 10.1 Å². The molecular formula is C17H24N2O5. The van der Waals surface area contributed by atoms with Gasteiger partial charge in [-0.1, -0.05) is 0 Å². The van der Waals surface area contributed by atoms with Gasteiger partial charge in [0.15, 0.2) is 6.61 Å². The van der Waals surface area contributed by atoms with Crippen molar-refractivity contribution in [2.45, 2.75) is 19.4 Å². The van der Waals surface area contributed by atoms with Crippen molar-refractivity contribution in [1.29, 1.82) is 0 Å². The third kappa shape index (κ3) is 4.94. The van der Waals surface area contributed by atoms with Crippen LogP contribution in [0.25, 0.3) is 0 Å². The number of ether oxygens (including phenoxy) is 3. The molecule has 2 rings (SSSR count). The number of hydrogen-bond donors (Lipinski definition) is 1. The fourth-order valence-corrected chi connectivity index (χ4v) is 2.06. The maximum atomic E-state index is 12.0. The Labute approximate surface area is 141 Å². The van der Waals surface area contributed by atoms with Crippen LogP contribution in [0.5, 0.6) is 5.75 Å². The molecule has 0 bridgehead atoms. The molecule has 1 aromatic rings. The van der Waals surface area contributed by atoms with Crippen LogP contribution in [0.4, 0.5) is 5.69 Å². The number of nitrogens with zero attached hydrogens (tertiary/aromatic N) is 1. The molecule has 0 radical (unpaired) electrons. The van der Waals surface area contributed by atoms with Gasteiger partial charge in [-0.25, -0.2) is 0 Å². The molecule has 0 aromatic heterocycles. The van der Waals surface area contributed by atoms with Crippen LogP contribution in [0.15, 0.2) is 24.3 Å². The summed E-state index contributed by atoms with van der Waals surface area (Å²) < 4.78 is 15.8. The third-order valence-corrected chi connectivity index (χ3v) is 3.90. The van der Waals surface area contributed by atoms with E-state index in [4.69, 9.17) is 14.2 Å². The predicted octanol–water partition coefficient (Wildman–Crippen LogP) is 1.29. The molecule has 1 N–H and O–H groups in total. The van der Waals surface area contributed by atoms with E-state index >= 15 is 0 Å². The van der Waals surface area contributed by atoms with E-state index < -0.39 is 5.60 Å². The fourth-order valence-electron chi connectivity index (χ4n) is 2.06. The minimum absolute atomic E-state index is 0.0115. The van der Waals surface area contributed by atoms with Gasteiger partial charge in [0.25, 0.3) is 11.8 Å². The fraction of sp³-hybridized carbons (Fsp3) is 0.529. The van der Waals surface area contributed by atoms with Gasteiger partial charge in [-0.15, -0.1) is 0 Å². The first-order valence-electron chi connectivity index (χ1n) is 7.87. The van der Waals surface area contributed by atoms with E-state index in [0.717, 1.165) is 0 Å². The Kier molecular flexibility index (Phi) is 6.16. The number of benzene rings is 1. The van der Waals surface area contributed by atoms with Crippen molar-refractivity contribution in [2.24, 2.45) is 0 Å². The molecule has 132 valence electrons. The molecule has 1 aromatic carbocycles. The normalized spacial score (nSPS) is 15.0. The molecule has 0 spiro atoms. The lowest BCUT2D eigenvalue weighted by molar-refractivity contribution is -0.137. The van der Waals surface area contributed by atoms with E-state index in [1.165, 1.54) is 7.11 Å². The Hall–Kier alpha value is -2.12. The summed E-state index contributed by atoms with van der Waals surface area (Å²) in [6.45, 7) is 5.71. The topological polar surface area (TPSA) is 77.1 Å². The minimum atomic E-state index is -0.903. The molecular weight excluding hydrogens is 312 g/mol. The third-order valence-electron chi connectivity index (χ3n) is 3.90. The lowest BCUT2D eigenvalue weighted by Crippen LogP contribution is -2.42. The highest BCUT2D eigenvalue weighted by Gasteiger charge is 2.26. The number of carbonyl (C=O) groups excluding carboxylic acids is 2. The van der Waals surface area contributed by atoms with Crippen molar-refractivity contribution in [3.05, 3.63) is 24.3 Å². The average Bonchev–Trinajstić information content (AvgIpc) is 2.61. The largest absolute Gasteiger partial charge is 0.484 e. The molecule has 24 heavy (non-hydrogen) atoms. The minimum Gasteiger partial charge on any atom is -0.484 e. The van der Waals surface area contributed by atoms with Crippen LogP contribution in [0.3, 0.4) is 0 Å². The molecule has 1 heterocycles. The number of rotatable bonds is 6. The smallest absolute Gasteiger partial charge is 0.260 e. The number of anilines is 1. The number of carbonyl (C=O) groups is 2. The lowest BCUT2D eigenvalue weighted by atomic mass is 10.1. The Balaban J connectivity index is 1.83. The zero-order valence-corrected chi connectivity index (χ0v) is 14.3. The van der Waals surface area contributed by atoms with Crippen molar-refractivity contribution in [1.82, 2.24) is 4.90 Å². The second-order valence-corrected chi connectivity index (χ2v) is 5.97. The Morgan fingerprint density at radius 2 is 1.83 bits per heavy atom. The van der Waals surface area contributed by atoms with Crippen LogP contribution in [-0.2, 0) is 19.1 Å². The Morgan fingerprint density at radius 1 is 1.21 bits per heavy atom. The van der Waals surface area contributed by atoms with Gasteiger partial charge in [0.2, 0.25) is 0 Å². The number of hydrogen-bond acceptors (Lipinski definition) is 5. The van der Waals surface area contributed by atoms with Gasteiger partial charge in [-0.3, -0.25) is 9.59 Å². The zero-order valence-electron chi connectivity index (χ0n) is 14.3. The van der Waals surface area contributed by atoms with Crippen LogP contribution in [0.1, 0.15) is 13.8 Å². The number of morpholine rings is 1. The standard InChI is InChI=1S/C17H24N2O5/c1-17(2,22-3)16(21)18-13-4-6-14(7-5-13)24-12-15(20)19-8-10-23-11-9-19/h4-7H,8-12H2,1-3H3,(H,18,21). The number of amides is 2. The highest BCUT2D eigenvalue weighted by Crippen LogP contribution is 2.18. The molecule has 7 heteroatoms. The van der Waals surface area contributed by atoms with Crippen LogP contribution in [0.2, 0.25) is 0 Å². The first kappa shape index (κ1) is 18.2. The van der Waals surface area contributed by atoms with E-state index in [-0.39, 0.29) is 18.4 Å². The van der Waals surface area contributed by atoms with Crippen molar-refractivity contribution in [2.75, 3.05) is 45.3 Å². The molecule has 1 aliphatic rings. The zero-order chi connectivity index (χ0) is 17.6. The molecule has 7 nitrogen and oxygen atoms in total. The van der Waals surface area contributed by atoms with E-state index in [1.807, 2.05) is 0 Å². The molecule has 0 unspecified atom stereocenters. The second-order valence-electron chi connectivity index (χ2n) is 5.97. The average molecular weight is 336 g/mol. The molecule has 1 aliphatic heterocycles. The van der Waals surface area contributed by atoms with Crippen LogP contribution >= 0.6 is 0 Å². The molecule has 1 fully saturated rings. The van der Waals surface area contributed by atoms with E-state index in [9.17, 15) is 9.59 Å². The SMILES string of the molecule is COC(C)(C)C(=O)Nc1ccc(OCC(=O)N2CCOCC2)cc1. The molecule has 0 atom stereocenters. The van der Waals surface area contributed by atoms with Gasteiger partial charge in [0.1, 0.15) is 11.4 Å². The quantitative estimate of drug-likeness (QED) is 0.847. The highest BCUT2D eigenvalue weighted by atomic mass is 16.5.